The molecular weight excluding hydrogens is 426 g/mol. The molecule has 0 saturated carbocycles. The molecule has 0 spiro atoms. The topological polar surface area (TPSA) is 20.3 Å². The molecule has 0 aliphatic heterocycles. The third-order valence-corrected chi connectivity index (χ3v) is 6.75. The summed E-state index contributed by atoms with van der Waals surface area (Å²) in [7, 11) is 0. The van der Waals surface area contributed by atoms with Crippen molar-refractivity contribution in [2.75, 3.05) is 6.54 Å². The predicted molar refractivity (Wildman–Crippen MR) is 136 cm³/mol. The van der Waals surface area contributed by atoms with Crippen molar-refractivity contribution in [1.29, 1.82) is 0 Å². The monoisotopic (exact) mass is 451 g/mol. The van der Waals surface area contributed by atoms with Crippen molar-refractivity contribution in [1.82, 2.24) is 4.90 Å². The van der Waals surface area contributed by atoms with Gasteiger partial charge in [-0.05, 0) is 59.2 Å². The van der Waals surface area contributed by atoms with E-state index in [0.29, 0.717) is 17.1 Å². The number of amides is 1. The zero-order chi connectivity index (χ0) is 22.6. The molecule has 164 valence electrons. The average Bonchev–Trinajstić information content (AvgIpc) is 3.29. The molecule has 0 radical (unpaired) electrons. The van der Waals surface area contributed by atoms with Gasteiger partial charge in [0.25, 0.3) is 5.91 Å². The minimum atomic E-state index is 0.0464. The predicted octanol–water partition coefficient (Wildman–Crippen LogP) is 6.86. The summed E-state index contributed by atoms with van der Waals surface area (Å²) >= 11 is 6.39. The SMILES string of the molecule is O=C(c1cc(Cl)ccc1-c1ccccc1)N(CCc1ccccc1)C1Cc2ccccc2C1. The van der Waals surface area contributed by atoms with Crippen LogP contribution in [0.4, 0.5) is 0 Å². The van der Waals surface area contributed by atoms with Crippen LogP contribution >= 0.6 is 11.6 Å². The lowest BCUT2D eigenvalue weighted by molar-refractivity contribution is 0.0688. The molecule has 0 aromatic heterocycles. The Bertz CT molecular complexity index is 1230. The van der Waals surface area contributed by atoms with Gasteiger partial charge in [-0.1, -0.05) is 103 Å². The highest BCUT2D eigenvalue weighted by atomic mass is 35.5. The van der Waals surface area contributed by atoms with Gasteiger partial charge in [0, 0.05) is 23.2 Å². The first-order valence-electron chi connectivity index (χ1n) is 11.5. The van der Waals surface area contributed by atoms with Gasteiger partial charge >= 0.3 is 0 Å². The van der Waals surface area contributed by atoms with Crippen LogP contribution < -0.4 is 0 Å². The van der Waals surface area contributed by atoms with E-state index in [-0.39, 0.29) is 11.9 Å². The van der Waals surface area contributed by atoms with Crippen molar-refractivity contribution in [3.8, 4) is 11.1 Å². The second-order valence-electron chi connectivity index (χ2n) is 8.62. The third-order valence-electron chi connectivity index (χ3n) is 6.51. The largest absolute Gasteiger partial charge is 0.335 e. The van der Waals surface area contributed by atoms with Gasteiger partial charge in [-0.3, -0.25) is 4.79 Å². The van der Waals surface area contributed by atoms with Crippen LogP contribution in [0.2, 0.25) is 5.02 Å². The minimum absolute atomic E-state index is 0.0464. The summed E-state index contributed by atoms with van der Waals surface area (Å²) < 4.78 is 0. The van der Waals surface area contributed by atoms with Gasteiger partial charge < -0.3 is 4.90 Å². The zero-order valence-corrected chi connectivity index (χ0v) is 19.2. The molecule has 0 unspecified atom stereocenters. The number of fused-ring (bicyclic) bond motifs is 1. The molecule has 0 saturated heterocycles. The molecule has 0 N–H and O–H groups in total. The van der Waals surface area contributed by atoms with E-state index in [1.165, 1.54) is 16.7 Å². The van der Waals surface area contributed by atoms with E-state index in [0.717, 1.165) is 30.4 Å². The van der Waals surface area contributed by atoms with E-state index >= 15 is 0 Å². The Labute approximate surface area is 200 Å². The molecule has 0 fully saturated rings. The van der Waals surface area contributed by atoms with Crippen molar-refractivity contribution in [2.45, 2.75) is 25.3 Å². The summed E-state index contributed by atoms with van der Waals surface area (Å²) in [4.78, 5) is 16.2. The molecule has 0 bridgehead atoms. The fraction of sp³-hybridized carbons (Fsp3) is 0.167. The van der Waals surface area contributed by atoms with Gasteiger partial charge in [-0.25, -0.2) is 0 Å². The Balaban J connectivity index is 1.50. The fourth-order valence-electron chi connectivity index (χ4n) is 4.82. The van der Waals surface area contributed by atoms with Crippen LogP contribution in [0.5, 0.6) is 0 Å². The second kappa shape index (κ2) is 9.64. The summed E-state index contributed by atoms with van der Waals surface area (Å²) in [6.45, 7) is 0.669. The van der Waals surface area contributed by atoms with Crippen molar-refractivity contribution in [3.05, 3.63) is 130 Å². The van der Waals surface area contributed by atoms with E-state index in [4.69, 9.17) is 11.6 Å². The molecule has 2 nitrogen and oxygen atoms in total. The first-order valence-corrected chi connectivity index (χ1v) is 11.8. The first-order chi connectivity index (χ1) is 16.2. The quantitative estimate of drug-likeness (QED) is 0.313. The highest BCUT2D eigenvalue weighted by Gasteiger charge is 2.31. The molecule has 0 heterocycles. The third kappa shape index (κ3) is 4.72. The molecule has 5 rings (SSSR count). The molecule has 1 aliphatic rings. The van der Waals surface area contributed by atoms with Gasteiger partial charge in [0.1, 0.15) is 0 Å². The van der Waals surface area contributed by atoms with Crippen molar-refractivity contribution in [3.63, 3.8) is 0 Å². The van der Waals surface area contributed by atoms with Gasteiger partial charge in [0.2, 0.25) is 0 Å². The van der Waals surface area contributed by atoms with Crippen molar-refractivity contribution < 1.29 is 4.79 Å². The zero-order valence-electron chi connectivity index (χ0n) is 18.5. The molecular formula is C30H26ClNO. The molecule has 33 heavy (non-hydrogen) atoms. The summed E-state index contributed by atoms with van der Waals surface area (Å²) in [5, 5.41) is 0.579. The summed E-state index contributed by atoms with van der Waals surface area (Å²) in [6, 6.07) is 34.8. The van der Waals surface area contributed by atoms with Crippen LogP contribution in [0.25, 0.3) is 11.1 Å². The Kier molecular flexibility index (Phi) is 6.28. The van der Waals surface area contributed by atoms with Crippen LogP contribution in [0.3, 0.4) is 0 Å². The van der Waals surface area contributed by atoms with E-state index < -0.39 is 0 Å². The van der Waals surface area contributed by atoms with E-state index in [1.54, 1.807) is 0 Å². The number of carbonyl (C=O) groups excluding carboxylic acids is 1. The normalized spacial score (nSPS) is 13.0. The van der Waals surface area contributed by atoms with Crippen LogP contribution in [-0.2, 0) is 19.3 Å². The van der Waals surface area contributed by atoms with Crippen molar-refractivity contribution in [2.24, 2.45) is 0 Å². The molecule has 4 aromatic rings. The van der Waals surface area contributed by atoms with Gasteiger partial charge in [0.15, 0.2) is 0 Å². The molecule has 4 aromatic carbocycles. The maximum absolute atomic E-state index is 14.1. The lowest BCUT2D eigenvalue weighted by Crippen LogP contribution is -2.42. The van der Waals surface area contributed by atoms with Gasteiger partial charge in [0.05, 0.1) is 0 Å². The lowest BCUT2D eigenvalue weighted by atomic mass is 9.97. The standard InChI is InChI=1S/C30H26ClNO/c31-26-15-16-28(23-11-5-2-6-12-23)29(21-26)30(33)32(18-17-22-9-3-1-4-10-22)27-19-24-13-7-8-14-25(24)20-27/h1-16,21,27H,17-20H2. The van der Waals surface area contributed by atoms with E-state index in [9.17, 15) is 4.79 Å². The van der Waals surface area contributed by atoms with Crippen LogP contribution in [0, 0.1) is 0 Å². The van der Waals surface area contributed by atoms with Crippen LogP contribution in [0.1, 0.15) is 27.0 Å². The average molecular weight is 452 g/mol. The lowest BCUT2D eigenvalue weighted by Gasteiger charge is -2.30. The molecule has 1 amide bonds. The van der Waals surface area contributed by atoms with Gasteiger partial charge in [-0.2, -0.15) is 0 Å². The number of halogens is 1. The Morgan fingerprint density at radius 2 is 1.39 bits per heavy atom. The maximum Gasteiger partial charge on any atom is 0.254 e. The Hall–Kier alpha value is -3.36. The number of carbonyl (C=O) groups is 1. The number of nitrogens with zero attached hydrogens (tertiary/aromatic N) is 1. The number of benzene rings is 4. The highest BCUT2D eigenvalue weighted by molar-refractivity contribution is 6.31. The maximum atomic E-state index is 14.1. The Morgan fingerprint density at radius 1 is 0.788 bits per heavy atom. The summed E-state index contributed by atoms with van der Waals surface area (Å²) in [6.07, 6.45) is 2.59. The number of hydrogen-bond acceptors (Lipinski definition) is 1. The smallest absolute Gasteiger partial charge is 0.254 e. The van der Waals surface area contributed by atoms with E-state index in [1.807, 2.05) is 54.6 Å². The highest BCUT2D eigenvalue weighted by Crippen LogP contribution is 2.31. The summed E-state index contributed by atoms with van der Waals surface area (Å²) in [5.41, 5.74) is 6.53. The van der Waals surface area contributed by atoms with Crippen molar-refractivity contribution >= 4 is 17.5 Å². The Morgan fingerprint density at radius 3 is 2.06 bits per heavy atom. The van der Waals surface area contributed by atoms with Crippen LogP contribution in [-0.4, -0.2) is 23.4 Å². The number of hydrogen-bond donors (Lipinski definition) is 0. The van der Waals surface area contributed by atoms with Crippen LogP contribution in [0.15, 0.2) is 103 Å². The molecule has 3 heteroatoms. The second-order valence-corrected chi connectivity index (χ2v) is 9.06. The molecule has 1 aliphatic carbocycles. The number of rotatable bonds is 6. The summed E-state index contributed by atoms with van der Waals surface area (Å²) in [5.74, 6) is 0.0464. The minimum Gasteiger partial charge on any atom is -0.335 e. The van der Waals surface area contributed by atoms with E-state index in [2.05, 4.69) is 53.4 Å². The molecule has 0 atom stereocenters. The van der Waals surface area contributed by atoms with Gasteiger partial charge in [-0.15, -0.1) is 0 Å². The fourth-order valence-corrected chi connectivity index (χ4v) is 4.99. The first kappa shape index (κ1) is 21.5.